The fraction of sp³-hybridized carbons (Fsp3) is 0.625. The van der Waals surface area contributed by atoms with Crippen molar-refractivity contribution in [2.24, 2.45) is 5.92 Å². The quantitative estimate of drug-likeness (QED) is 0.911. The summed E-state index contributed by atoms with van der Waals surface area (Å²) >= 11 is 0. The smallest absolute Gasteiger partial charge is 0.257 e. The Bertz CT molecular complexity index is 532. The fourth-order valence-electron chi connectivity index (χ4n) is 3.83. The number of halogens is 1. The number of fused-ring (bicyclic) bond motifs is 1. The highest BCUT2D eigenvalue weighted by atomic mass is 19.1. The normalized spacial score (nSPS) is 25.3. The number of aromatic nitrogens is 1. The average molecular weight is 291 g/mol. The third-order valence-corrected chi connectivity index (χ3v) is 4.83. The highest BCUT2D eigenvalue weighted by Gasteiger charge is 2.36. The van der Waals surface area contributed by atoms with Gasteiger partial charge in [-0.15, -0.1) is 0 Å². The second kappa shape index (κ2) is 6.00. The number of pyridine rings is 1. The first-order valence-corrected chi connectivity index (χ1v) is 7.85. The third kappa shape index (κ3) is 2.74. The van der Waals surface area contributed by atoms with Crippen LogP contribution < -0.4 is 5.32 Å². The molecule has 1 aromatic rings. The van der Waals surface area contributed by atoms with E-state index in [1.807, 2.05) is 4.90 Å². The van der Waals surface area contributed by atoms with Crippen LogP contribution in [0.4, 0.5) is 10.2 Å². The number of nitrogens with one attached hydrogen (secondary N) is 1. The molecular formula is C16H22FN3O. The lowest BCUT2D eigenvalue weighted by atomic mass is 9.78. The van der Waals surface area contributed by atoms with Crippen molar-refractivity contribution in [2.45, 2.75) is 44.6 Å². The Kier molecular flexibility index (Phi) is 4.08. The number of nitrogens with zero attached hydrogens (tertiary/aromatic N) is 2. The summed E-state index contributed by atoms with van der Waals surface area (Å²) in [4.78, 5) is 18.8. The molecule has 21 heavy (non-hydrogen) atoms. The van der Waals surface area contributed by atoms with Crippen molar-refractivity contribution in [1.29, 1.82) is 0 Å². The number of amides is 1. The minimum Gasteiger partial charge on any atom is -0.372 e. The molecular weight excluding hydrogens is 269 g/mol. The molecule has 1 saturated heterocycles. The predicted octanol–water partition coefficient (Wildman–Crippen LogP) is 3.06. The Morgan fingerprint density at radius 2 is 2.10 bits per heavy atom. The second-order valence-electron chi connectivity index (χ2n) is 6.05. The Morgan fingerprint density at radius 1 is 1.33 bits per heavy atom. The number of anilines is 1. The number of likely N-dealkylation sites (tertiary alicyclic amines) is 1. The summed E-state index contributed by atoms with van der Waals surface area (Å²) in [5.74, 6) is 0.535. The molecule has 3 rings (SSSR count). The number of carbonyl (C=O) groups is 1. The summed E-state index contributed by atoms with van der Waals surface area (Å²) in [7, 11) is 1.70. The first-order chi connectivity index (χ1) is 10.2. The molecule has 114 valence electrons. The first-order valence-electron chi connectivity index (χ1n) is 7.85. The maximum Gasteiger partial charge on any atom is 0.257 e. The van der Waals surface area contributed by atoms with Crippen LogP contribution in [-0.2, 0) is 0 Å². The van der Waals surface area contributed by atoms with Gasteiger partial charge in [0.15, 0.2) is 0 Å². The summed E-state index contributed by atoms with van der Waals surface area (Å²) in [5.41, 5.74) is 0.351. The van der Waals surface area contributed by atoms with Gasteiger partial charge in [0.05, 0.1) is 11.8 Å². The number of piperidine rings is 1. The molecule has 0 aromatic carbocycles. The van der Waals surface area contributed by atoms with E-state index >= 15 is 0 Å². The number of hydrogen-bond donors (Lipinski definition) is 1. The van der Waals surface area contributed by atoms with Crippen LogP contribution in [0.3, 0.4) is 0 Å². The molecule has 1 aromatic heterocycles. The van der Waals surface area contributed by atoms with Gasteiger partial charge in [-0.05, 0) is 37.7 Å². The van der Waals surface area contributed by atoms with Crippen molar-refractivity contribution in [2.75, 3.05) is 18.9 Å². The molecule has 2 heterocycles. The number of rotatable bonds is 2. The molecule has 1 amide bonds. The van der Waals surface area contributed by atoms with E-state index in [4.69, 9.17) is 0 Å². The molecule has 1 N–H and O–H groups in total. The summed E-state index contributed by atoms with van der Waals surface area (Å²) in [6.07, 6.45) is 8.15. The van der Waals surface area contributed by atoms with Crippen molar-refractivity contribution in [3.05, 3.63) is 23.6 Å². The summed E-state index contributed by atoms with van der Waals surface area (Å²) in [5, 5.41) is 2.89. The fourth-order valence-corrected chi connectivity index (χ4v) is 3.83. The van der Waals surface area contributed by atoms with Gasteiger partial charge in [0.1, 0.15) is 11.6 Å². The van der Waals surface area contributed by atoms with Crippen LogP contribution in [0.25, 0.3) is 0 Å². The minimum atomic E-state index is -0.463. The van der Waals surface area contributed by atoms with Crippen LogP contribution in [0.15, 0.2) is 12.3 Å². The molecule has 0 unspecified atom stereocenters. The van der Waals surface area contributed by atoms with Gasteiger partial charge in [0, 0.05) is 19.6 Å². The van der Waals surface area contributed by atoms with Gasteiger partial charge in [-0.25, -0.2) is 9.37 Å². The van der Waals surface area contributed by atoms with Gasteiger partial charge in [-0.1, -0.05) is 12.8 Å². The molecule has 4 nitrogen and oxygen atoms in total. The van der Waals surface area contributed by atoms with Crippen LogP contribution in [0.1, 0.15) is 48.9 Å². The van der Waals surface area contributed by atoms with E-state index in [2.05, 4.69) is 10.3 Å². The van der Waals surface area contributed by atoms with Crippen molar-refractivity contribution in [3.63, 3.8) is 0 Å². The Morgan fingerprint density at radius 3 is 2.90 bits per heavy atom. The number of hydrogen-bond acceptors (Lipinski definition) is 3. The van der Waals surface area contributed by atoms with Crippen LogP contribution in [0.5, 0.6) is 0 Å². The maximum atomic E-state index is 13.5. The van der Waals surface area contributed by atoms with Crippen molar-refractivity contribution in [3.8, 4) is 0 Å². The molecule has 5 heteroatoms. The van der Waals surface area contributed by atoms with Gasteiger partial charge in [-0.2, -0.15) is 0 Å². The van der Waals surface area contributed by atoms with Gasteiger partial charge in [0.25, 0.3) is 5.91 Å². The zero-order chi connectivity index (χ0) is 14.8. The summed E-state index contributed by atoms with van der Waals surface area (Å²) in [6.45, 7) is 0.777. The topological polar surface area (TPSA) is 45.2 Å². The maximum absolute atomic E-state index is 13.5. The van der Waals surface area contributed by atoms with E-state index in [0.717, 1.165) is 25.6 Å². The lowest BCUT2D eigenvalue weighted by Crippen LogP contribution is -2.49. The van der Waals surface area contributed by atoms with Gasteiger partial charge in [0.2, 0.25) is 0 Å². The van der Waals surface area contributed by atoms with Crippen molar-refractivity contribution < 1.29 is 9.18 Å². The minimum absolute atomic E-state index is 0.0806. The predicted molar refractivity (Wildman–Crippen MR) is 79.8 cm³/mol. The zero-order valence-electron chi connectivity index (χ0n) is 12.4. The third-order valence-electron chi connectivity index (χ3n) is 4.83. The molecule has 0 radical (unpaired) electrons. The monoisotopic (exact) mass is 291 g/mol. The van der Waals surface area contributed by atoms with Crippen LogP contribution in [0, 0.1) is 11.7 Å². The molecule has 2 atom stereocenters. The van der Waals surface area contributed by atoms with Gasteiger partial charge in [-0.3, -0.25) is 4.79 Å². The molecule has 1 aliphatic carbocycles. The zero-order valence-corrected chi connectivity index (χ0v) is 12.4. The van der Waals surface area contributed by atoms with Gasteiger partial charge < -0.3 is 10.2 Å². The van der Waals surface area contributed by atoms with Crippen molar-refractivity contribution in [1.82, 2.24) is 9.88 Å². The summed E-state index contributed by atoms with van der Waals surface area (Å²) < 4.78 is 13.5. The highest BCUT2D eigenvalue weighted by molar-refractivity contribution is 5.99. The summed E-state index contributed by atoms with van der Waals surface area (Å²) in [6, 6.07) is 1.63. The van der Waals surface area contributed by atoms with Crippen LogP contribution >= 0.6 is 0 Å². The van der Waals surface area contributed by atoms with Crippen LogP contribution in [0.2, 0.25) is 0 Å². The lowest BCUT2D eigenvalue weighted by molar-refractivity contribution is 0.0391. The van der Waals surface area contributed by atoms with Crippen molar-refractivity contribution >= 4 is 11.7 Å². The second-order valence-corrected chi connectivity index (χ2v) is 6.05. The standard InChI is InChI=1S/C16H22FN3O/c1-18-15-13(9-12(17)10-19-15)16(21)20-8-4-6-11-5-2-3-7-14(11)20/h9-11,14H,2-8H2,1H3,(H,18,19)/t11-,14-/m1/s1. The number of carbonyl (C=O) groups excluding carboxylic acids is 1. The van der Waals surface area contributed by atoms with Crippen LogP contribution in [-0.4, -0.2) is 35.4 Å². The van der Waals surface area contributed by atoms with E-state index in [1.165, 1.54) is 31.7 Å². The molecule has 1 saturated carbocycles. The van der Waals surface area contributed by atoms with E-state index in [-0.39, 0.29) is 5.91 Å². The Labute approximate surface area is 124 Å². The van der Waals surface area contributed by atoms with E-state index < -0.39 is 5.82 Å². The van der Waals surface area contributed by atoms with E-state index in [1.54, 1.807) is 7.05 Å². The molecule has 2 aliphatic rings. The average Bonchev–Trinajstić information content (AvgIpc) is 2.53. The Hall–Kier alpha value is -1.65. The SMILES string of the molecule is CNc1ncc(F)cc1C(=O)N1CCC[C@H]2CCCC[C@H]21. The molecule has 0 spiro atoms. The Balaban J connectivity index is 1.88. The van der Waals surface area contributed by atoms with E-state index in [9.17, 15) is 9.18 Å². The largest absolute Gasteiger partial charge is 0.372 e. The molecule has 1 aliphatic heterocycles. The molecule has 0 bridgehead atoms. The van der Waals surface area contributed by atoms with E-state index in [0.29, 0.717) is 23.3 Å². The lowest BCUT2D eigenvalue weighted by Gasteiger charge is -2.44. The molecule has 2 fully saturated rings. The highest BCUT2D eigenvalue weighted by Crippen LogP contribution is 2.36. The first kappa shape index (κ1) is 14.3. The van der Waals surface area contributed by atoms with Gasteiger partial charge >= 0.3 is 0 Å².